The molecule has 2 unspecified atom stereocenters. The van der Waals surface area contributed by atoms with Crippen LogP contribution in [0.2, 0.25) is 0 Å². The number of aliphatic carboxylic acids is 1. The molecule has 1 saturated heterocycles. The molecule has 1 amide bonds. The van der Waals surface area contributed by atoms with Crippen molar-refractivity contribution in [3.8, 4) is 0 Å². The van der Waals surface area contributed by atoms with E-state index in [4.69, 9.17) is 9.84 Å². The lowest BCUT2D eigenvalue weighted by Gasteiger charge is -2.23. The van der Waals surface area contributed by atoms with Crippen LogP contribution in [-0.2, 0) is 14.3 Å². The Kier molecular flexibility index (Phi) is 5.85. The number of rotatable bonds is 6. The van der Waals surface area contributed by atoms with Crippen LogP contribution in [0.15, 0.2) is 29.2 Å². The van der Waals surface area contributed by atoms with Gasteiger partial charge in [-0.2, -0.15) is 0 Å². The second kappa shape index (κ2) is 7.65. The summed E-state index contributed by atoms with van der Waals surface area (Å²) in [6.45, 7) is 2.49. The summed E-state index contributed by atoms with van der Waals surface area (Å²) >= 11 is 1.47. The number of carboxylic acids is 1. The fraction of sp³-hybridized carbons (Fsp3) is 0.500. The third kappa shape index (κ3) is 4.48. The van der Waals surface area contributed by atoms with Gasteiger partial charge in [-0.1, -0.05) is 17.7 Å². The van der Waals surface area contributed by atoms with Gasteiger partial charge in [0.05, 0.1) is 18.3 Å². The Balaban J connectivity index is 1.94. The van der Waals surface area contributed by atoms with Crippen molar-refractivity contribution in [2.24, 2.45) is 0 Å². The Morgan fingerprint density at radius 2 is 2.05 bits per heavy atom. The second-order valence-electron chi connectivity index (χ2n) is 5.49. The van der Waals surface area contributed by atoms with Gasteiger partial charge in [0.15, 0.2) is 0 Å². The van der Waals surface area contributed by atoms with Crippen molar-refractivity contribution in [1.29, 1.82) is 0 Å². The molecule has 0 spiro atoms. The van der Waals surface area contributed by atoms with Crippen molar-refractivity contribution in [2.45, 2.75) is 36.8 Å². The van der Waals surface area contributed by atoms with Crippen molar-refractivity contribution < 1.29 is 19.4 Å². The molecule has 0 radical (unpaired) electrons. The van der Waals surface area contributed by atoms with Gasteiger partial charge in [0, 0.05) is 24.6 Å². The van der Waals surface area contributed by atoms with Gasteiger partial charge in [-0.3, -0.25) is 9.59 Å². The molecule has 5 nitrogen and oxygen atoms in total. The van der Waals surface area contributed by atoms with E-state index in [2.05, 4.69) is 0 Å². The molecule has 2 atom stereocenters. The van der Waals surface area contributed by atoms with Crippen LogP contribution in [0.3, 0.4) is 0 Å². The van der Waals surface area contributed by atoms with Crippen molar-refractivity contribution in [1.82, 2.24) is 4.90 Å². The van der Waals surface area contributed by atoms with E-state index in [1.807, 2.05) is 31.2 Å². The van der Waals surface area contributed by atoms with E-state index in [9.17, 15) is 9.59 Å². The fourth-order valence-electron chi connectivity index (χ4n) is 2.61. The van der Waals surface area contributed by atoms with E-state index in [0.29, 0.717) is 18.7 Å². The van der Waals surface area contributed by atoms with Gasteiger partial charge < -0.3 is 14.7 Å². The molecule has 1 aliphatic heterocycles. The Morgan fingerprint density at radius 1 is 1.36 bits per heavy atom. The molecule has 1 aliphatic rings. The zero-order chi connectivity index (χ0) is 16.1. The lowest BCUT2D eigenvalue weighted by atomic mass is 10.1. The number of benzene rings is 1. The van der Waals surface area contributed by atoms with Crippen LogP contribution in [0.25, 0.3) is 0 Å². The first-order valence-corrected chi connectivity index (χ1v) is 8.21. The average Bonchev–Trinajstić information content (AvgIpc) is 2.88. The standard InChI is InChI=1S/C16H21NO4S/c1-11-3-5-14(6-4-11)22-10-15(18)17-9-13(21-2)7-12(17)8-16(19)20/h3-6,12-13H,7-10H2,1-2H3,(H,19,20). The normalized spacial score (nSPS) is 21.1. The van der Waals surface area contributed by atoms with E-state index in [1.54, 1.807) is 12.0 Å². The topological polar surface area (TPSA) is 66.8 Å². The van der Waals surface area contributed by atoms with Crippen LogP contribution in [0.5, 0.6) is 0 Å². The SMILES string of the molecule is COC1CC(CC(=O)O)N(C(=O)CSc2ccc(C)cc2)C1. The first kappa shape index (κ1) is 16.8. The summed E-state index contributed by atoms with van der Waals surface area (Å²) in [4.78, 5) is 26.0. The van der Waals surface area contributed by atoms with Gasteiger partial charge >= 0.3 is 5.97 Å². The quantitative estimate of drug-likeness (QED) is 0.813. The Bertz CT molecular complexity index is 531. The molecule has 1 aromatic rings. The van der Waals surface area contributed by atoms with Crippen LogP contribution in [0, 0.1) is 6.92 Å². The summed E-state index contributed by atoms with van der Waals surface area (Å²) in [5.41, 5.74) is 1.18. The molecule has 1 heterocycles. The van der Waals surface area contributed by atoms with E-state index in [0.717, 1.165) is 4.90 Å². The highest BCUT2D eigenvalue weighted by Gasteiger charge is 2.36. The lowest BCUT2D eigenvalue weighted by molar-refractivity contribution is -0.139. The average molecular weight is 323 g/mol. The molecular weight excluding hydrogens is 302 g/mol. The van der Waals surface area contributed by atoms with Gasteiger partial charge in [0.1, 0.15) is 0 Å². The molecule has 1 N–H and O–H groups in total. The predicted octanol–water partition coefficient (Wildman–Crippen LogP) is 2.18. The van der Waals surface area contributed by atoms with Crippen LogP contribution in [-0.4, -0.2) is 53.4 Å². The molecule has 2 rings (SSSR count). The van der Waals surface area contributed by atoms with Gasteiger partial charge in [0.2, 0.25) is 5.91 Å². The number of thioether (sulfide) groups is 1. The molecule has 0 aromatic heterocycles. The molecule has 1 aromatic carbocycles. The minimum Gasteiger partial charge on any atom is -0.481 e. The molecule has 0 aliphatic carbocycles. The minimum atomic E-state index is -0.884. The number of amides is 1. The number of carbonyl (C=O) groups excluding carboxylic acids is 1. The predicted molar refractivity (Wildman–Crippen MR) is 85.1 cm³/mol. The highest BCUT2D eigenvalue weighted by atomic mass is 32.2. The largest absolute Gasteiger partial charge is 0.481 e. The Hall–Kier alpha value is -1.53. The summed E-state index contributed by atoms with van der Waals surface area (Å²) < 4.78 is 5.29. The molecule has 120 valence electrons. The summed E-state index contributed by atoms with van der Waals surface area (Å²) in [6, 6.07) is 7.73. The maximum Gasteiger partial charge on any atom is 0.305 e. The van der Waals surface area contributed by atoms with Crippen LogP contribution >= 0.6 is 11.8 Å². The van der Waals surface area contributed by atoms with Gasteiger partial charge in [-0.25, -0.2) is 0 Å². The first-order valence-electron chi connectivity index (χ1n) is 7.23. The van der Waals surface area contributed by atoms with Gasteiger partial charge in [0.25, 0.3) is 0 Å². The van der Waals surface area contributed by atoms with Gasteiger partial charge in [-0.05, 0) is 25.5 Å². The van der Waals surface area contributed by atoms with Crippen molar-refractivity contribution >= 4 is 23.6 Å². The Morgan fingerprint density at radius 3 is 2.64 bits per heavy atom. The molecule has 1 fully saturated rings. The monoisotopic (exact) mass is 323 g/mol. The van der Waals surface area contributed by atoms with Crippen LogP contribution in [0.4, 0.5) is 0 Å². The molecule has 0 saturated carbocycles. The number of nitrogens with zero attached hydrogens (tertiary/aromatic N) is 1. The van der Waals surface area contributed by atoms with Gasteiger partial charge in [-0.15, -0.1) is 11.8 Å². The number of carbonyl (C=O) groups is 2. The van der Waals surface area contributed by atoms with E-state index < -0.39 is 5.97 Å². The smallest absolute Gasteiger partial charge is 0.305 e. The van der Waals surface area contributed by atoms with E-state index in [1.165, 1.54) is 17.3 Å². The third-order valence-corrected chi connectivity index (χ3v) is 4.82. The number of hydrogen-bond acceptors (Lipinski definition) is 4. The zero-order valence-electron chi connectivity index (χ0n) is 12.8. The fourth-order valence-corrected chi connectivity index (χ4v) is 3.39. The maximum absolute atomic E-state index is 12.4. The lowest BCUT2D eigenvalue weighted by Crippen LogP contribution is -2.38. The number of methoxy groups -OCH3 is 1. The number of ether oxygens (including phenoxy) is 1. The summed E-state index contributed by atoms with van der Waals surface area (Å²) in [6.07, 6.45) is 0.488. The summed E-state index contributed by atoms with van der Waals surface area (Å²) in [5.74, 6) is -0.600. The molecule has 0 bridgehead atoms. The number of aryl methyl sites for hydroxylation is 1. The Labute approximate surface area is 134 Å². The van der Waals surface area contributed by atoms with Crippen molar-refractivity contribution in [2.75, 3.05) is 19.4 Å². The summed E-state index contributed by atoms with van der Waals surface area (Å²) in [5, 5.41) is 8.98. The summed E-state index contributed by atoms with van der Waals surface area (Å²) in [7, 11) is 1.59. The molecular formula is C16H21NO4S. The highest BCUT2D eigenvalue weighted by Crippen LogP contribution is 2.25. The third-order valence-electron chi connectivity index (χ3n) is 3.82. The molecule has 22 heavy (non-hydrogen) atoms. The number of likely N-dealkylation sites (tertiary alicyclic amines) is 1. The zero-order valence-corrected chi connectivity index (χ0v) is 13.6. The van der Waals surface area contributed by atoms with Crippen LogP contribution in [0.1, 0.15) is 18.4 Å². The maximum atomic E-state index is 12.4. The van der Waals surface area contributed by atoms with Crippen LogP contribution < -0.4 is 0 Å². The number of carboxylic acid groups (broad SMARTS) is 1. The highest BCUT2D eigenvalue weighted by molar-refractivity contribution is 8.00. The first-order chi connectivity index (χ1) is 10.5. The minimum absolute atomic E-state index is 0.0270. The van der Waals surface area contributed by atoms with Crippen molar-refractivity contribution in [3.63, 3.8) is 0 Å². The number of hydrogen-bond donors (Lipinski definition) is 1. The molecule has 6 heteroatoms. The second-order valence-corrected chi connectivity index (χ2v) is 6.54. The van der Waals surface area contributed by atoms with E-state index in [-0.39, 0.29) is 24.5 Å². The van der Waals surface area contributed by atoms with E-state index >= 15 is 0 Å². The van der Waals surface area contributed by atoms with Crippen molar-refractivity contribution in [3.05, 3.63) is 29.8 Å².